The molecule has 0 unspecified atom stereocenters. The summed E-state index contributed by atoms with van der Waals surface area (Å²) in [6, 6.07) is 1.69. The summed E-state index contributed by atoms with van der Waals surface area (Å²) < 4.78 is 10.4. The predicted molar refractivity (Wildman–Crippen MR) is 71.0 cm³/mol. The van der Waals surface area contributed by atoms with Crippen molar-refractivity contribution in [3.8, 4) is 0 Å². The van der Waals surface area contributed by atoms with Gasteiger partial charge in [-0.15, -0.1) is 0 Å². The summed E-state index contributed by atoms with van der Waals surface area (Å²) >= 11 is 0. The van der Waals surface area contributed by atoms with Gasteiger partial charge in [-0.25, -0.2) is 4.79 Å². The first kappa shape index (κ1) is 13.9. The van der Waals surface area contributed by atoms with Gasteiger partial charge in [0.1, 0.15) is 5.76 Å². The topological polar surface area (TPSA) is 67.6 Å². The first-order valence-corrected chi connectivity index (χ1v) is 6.65. The number of hydrogen-bond acceptors (Lipinski definition) is 4. The highest BCUT2D eigenvalue weighted by molar-refractivity contribution is 5.88. The molecule has 1 aliphatic rings. The molecule has 0 radical (unpaired) electrons. The Balaban J connectivity index is 1.98. The van der Waals surface area contributed by atoms with Gasteiger partial charge in [0.05, 0.1) is 19.3 Å². The minimum absolute atomic E-state index is 0.127. The number of urea groups is 1. The predicted octanol–water partition coefficient (Wildman–Crippen LogP) is 2.26. The smallest absolute Gasteiger partial charge is 0.323 e. The molecule has 0 aromatic carbocycles. The van der Waals surface area contributed by atoms with Crippen molar-refractivity contribution in [2.45, 2.75) is 33.2 Å². The van der Waals surface area contributed by atoms with E-state index < -0.39 is 0 Å². The Morgan fingerprint density at radius 1 is 1.63 bits per heavy atom. The number of carbonyl (C=O) groups is 1. The summed E-state index contributed by atoms with van der Waals surface area (Å²) in [5.74, 6) is 1.66. The summed E-state index contributed by atoms with van der Waals surface area (Å²) in [6.45, 7) is 7.87. The summed E-state index contributed by atoms with van der Waals surface area (Å²) in [5.41, 5.74) is 0. The molecular weight excluding hydrogens is 246 g/mol. The fourth-order valence-corrected chi connectivity index (χ4v) is 2.27. The highest BCUT2D eigenvalue weighted by Crippen LogP contribution is 2.17. The quantitative estimate of drug-likeness (QED) is 0.912. The van der Waals surface area contributed by atoms with Gasteiger partial charge in [-0.2, -0.15) is 0 Å². The molecule has 2 amide bonds. The SMILES string of the molecule is Cc1cc(NC(=O)N2CCOC[C@@H]2CC(C)C)no1. The molecule has 0 aliphatic carbocycles. The number of amides is 2. The van der Waals surface area contributed by atoms with Crippen LogP contribution in [0.1, 0.15) is 26.0 Å². The van der Waals surface area contributed by atoms with Gasteiger partial charge < -0.3 is 14.2 Å². The van der Waals surface area contributed by atoms with Crippen LogP contribution in [0.4, 0.5) is 10.6 Å². The largest absolute Gasteiger partial charge is 0.377 e. The van der Waals surface area contributed by atoms with Crippen molar-refractivity contribution >= 4 is 11.8 Å². The molecule has 6 nitrogen and oxygen atoms in total. The Kier molecular flexibility index (Phi) is 4.42. The second-order valence-corrected chi connectivity index (χ2v) is 5.30. The van der Waals surface area contributed by atoms with Crippen molar-refractivity contribution in [2.75, 3.05) is 25.1 Å². The van der Waals surface area contributed by atoms with Crippen molar-refractivity contribution in [1.82, 2.24) is 10.1 Å². The van der Waals surface area contributed by atoms with Crippen LogP contribution in [0, 0.1) is 12.8 Å². The fraction of sp³-hybridized carbons (Fsp3) is 0.692. The first-order chi connectivity index (χ1) is 9.06. The van der Waals surface area contributed by atoms with Crippen molar-refractivity contribution in [3.05, 3.63) is 11.8 Å². The van der Waals surface area contributed by atoms with Gasteiger partial charge >= 0.3 is 6.03 Å². The zero-order chi connectivity index (χ0) is 13.8. The van der Waals surface area contributed by atoms with E-state index in [9.17, 15) is 4.79 Å². The number of aryl methyl sites for hydroxylation is 1. The number of rotatable bonds is 3. The average Bonchev–Trinajstić information content (AvgIpc) is 2.74. The molecule has 2 rings (SSSR count). The third kappa shape index (κ3) is 3.70. The molecule has 106 valence electrons. The summed E-state index contributed by atoms with van der Waals surface area (Å²) in [5, 5.41) is 6.53. The molecule has 1 aromatic rings. The molecule has 0 spiro atoms. The Hall–Kier alpha value is -1.56. The summed E-state index contributed by atoms with van der Waals surface area (Å²) in [7, 11) is 0. The van der Waals surface area contributed by atoms with Crippen molar-refractivity contribution in [1.29, 1.82) is 0 Å². The fourth-order valence-electron chi connectivity index (χ4n) is 2.27. The van der Waals surface area contributed by atoms with E-state index in [4.69, 9.17) is 9.26 Å². The minimum Gasteiger partial charge on any atom is -0.377 e. The maximum atomic E-state index is 12.2. The standard InChI is InChI=1S/C13H21N3O3/c1-9(2)6-11-8-18-5-4-16(11)13(17)14-12-7-10(3)19-15-12/h7,9,11H,4-6,8H2,1-3H3,(H,14,15,17)/t11-/m0/s1. The van der Waals surface area contributed by atoms with Crippen LogP contribution in [0.3, 0.4) is 0 Å². The molecule has 1 saturated heterocycles. The highest BCUT2D eigenvalue weighted by atomic mass is 16.5. The maximum absolute atomic E-state index is 12.2. The van der Waals surface area contributed by atoms with Crippen LogP contribution in [-0.2, 0) is 4.74 Å². The van der Waals surface area contributed by atoms with Crippen LogP contribution < -0.4 is 5.32 Å². The van der Waals surface area contributed by atoms with Crippen LogP contribution >= 0.6 is 0 Å². The van der Waals surface area contributed by atoms with Crippen LogP contribution in [0.15, 0.2) is 10.6 Å². The Bertz CT molecular complexity index is 431. The third-order valence-electron chi connectivity index (χ3n) is 3.09. The van der Waals surface area contributed by atoms with Crippen LogP contribution in [0.5, 0.6) is 0 Å². The van der Waals surface area contributed by atoms with E-state index in [-0.39, 0.29) is 12.1 Å². The molecular formula is C13H21N3O3. The van der Waals surface area contributed by atoms with E-state index in [2.05, 4.69) is 24.3 Å². The molecule has 2 heterocycles. The second kappa shape index (κ2) is 6.06. The highest BCUT2D eigenvalue weighted by Gasteiger charge is 2.28. The molecule has 1 atom stereocenters. The van der Waals surface area contributed by atoms with E-state index in [1.807, 2.05) is 4.90 Å². The average molecular weight is 267 g/mol. The number of hydrogen-bond donors (Lipinski definition) is 1. The Morgan fingerprint density at radius 3 is 3.05 bits per heavy atom. The minimum atomic E-state index is -0.137. The van der Waals surface area contributed by atoms with E-state index in [1.165, 1.54) is 0 Å². The van der Waals surface area contributed by atoms with Gasteiger partial charge in [-0.3, -0.25) is 5.32 Å². The van der Waals surface area contributed by atoms with Gasteiger partial charge in [0.25, 0.3) is 0 Å². The number of nitrogens with zero attached hydrogens (tertiary/aromatic N) is 2. The molecule has 0 saturated carbocycles. The number of morpholine rings is 1. The monoisotopic (exact) mass is 267 g/mol. The van der Waals surface area contributed by atoms with Crippen LogP contribution in [0.25, 0.3) is 0 Å². The Labute approximate surface area is 113 Å². The van der Waals surface area contributed by atoms with Crippen LogP contribution in [-0.4, -0.2) is 41.9 Å². The van der Waals surface area contributed by atoms with Gasteiger partial charge in [0, 0.05) is 12.6 Å². The zero-order valence-corrected chi connectivity index (χ0v) is 11.7. The number of anilines is 1. The third-order valence-corrected chi connectivity index (χ3v) is 3.09. The van der Waals surface area contributed by atoms with E-state index in [1.54, 1.807) is 13.0 Å². The number of ether oxygens (including phenoxy) is 1. The summed E-state index contributed by atoms with van der Waals surface area (Å²) in [4.78, 5) is 14.1. The lowest BCUT2D eigenvalue weighted by Crippen LogP contribution is -2.50. The first-order valence-electron chi connectivity index (χ1n) is 6.65. The molecule has 1 N–H and O–H groups in total. The van der Waals surface area contributed by atoms with Crippen molar-refractivity contribution in [3.63, 3.8) is 0 Å². The lowest BCUT2D eigenvalue weighted by atomic mass is 10.0. The van der Waals surface area contributed by atoms with Gasteiger partial charge in [-0.1, -0.05) is 19.0 Å². The van der Waals surface area contributed by atoms with E-state index in [0.717, 1.165) is 6.42 Å². The molecule has 0 bridgehead atoms. The lowest BCUT2D eigenvalue weighted by Gasteiger charge is -2.36. The second-order valence-electron chi connectivity index (χ2n) is 5.30. The lowest BCUT2D eigenvalue weighted by molar-refractivity contribution is 0.00854. The van der Waals surface area contributed by atoms with E-state index >= 15 is 0 Å². The summed E-state index contributed by atoms with van der Waals surface area (Å²) in [6.07, 6.45) is 0.936. The number of carbonyl (C=O) groups excluding carboxylic acids is 1. The number of nitrogens with one attached hydrogen (secondary N) is 1. The molecule has 6 heteroatoms. The molecule has 1 aliphatic heterocycles. The molecule has 1 fully saturated rings. The maximum Gasteiger partial charge on any atom is 0.323 e. The van der Waals surface area contributed by atoms with E-state index in [0.29, 0.717) is 37.3 Å². The van der Waals surface area contributed by atoms with Gasteiger partial charge in [0.2, 0.25) is 0 Å². The van der Waals surface area contributed by atoms with Crippen molar-refractivity contribution < 1.29 is 14.1 Å². The van der Waals surface area contributed by atoms with Crippen molar-refractivity contribution in [2.24, 2.45) is 5.92 Å². The van der Waals surface area contributed by atoms with Gasteiger partial charge in [0.15, 0.2) is 5.82 Å². The normalized spacial score (nSPS) is 19.8. The molecule has 19 heavy (non-hydrogen) atoms. The van der Waals surface area contributed by atoms with Gasteiger partial charge in [-0.05, 0) is 19.3 Å². The molecule has 1 aromatic heterocycles. The zero-order valence-electron chi connectivity index (χ0n) is 11.7. The Morgan fingerprint density at radius 2 is 2.42 bits per heavy atom. The van der Waals surface area contributed by atoms with Crippen LogP contribution in [0.2, 0.25) is 0 Å². The number of aromatic nitrogens is 1.